The lowest BCUT2D eigenvalue weighted by molar-refractivity contribution is 0.393. The fourth-order valence-corrected chi connectivity index (χ4v) is 2.56. The zero-order valence-electron chi connectivity index (χ0n) is 12.9. The van der Waals surface area contributed by atoms with Crippen molar-refractivity contribution in [3.05, 3.63) is 34.5 Å². The molecule has 108 valence electrons. The molecule has 0 aliphatic carbocycles. The predicted molar refractivity (Wildman–Crippen MR) is 78.3 cm³/mol. The van der Waals surface area contributed by atoms with E-state index in [4.69, 9.17) is 9.26 Å². The molecule has 0 saturated heterocycles. The van der Waals surface area contributed by atoms with Gasteiger partial charge in [-0.3, -0.25) is 4.98 Å². The molecule has 0 fully saturated rings. The fourth-order valence-electron chi connectivity index (χ4n) is 2.56. The summed E-state index contributed by atoms with van der Waals surface area (Å²) in [6.07, 6.45) is 1.85. The van der Waals surface area contributed by atoms with Gasteiger partial charge in [-0.2, -0.15) is 0 Å². The molecule has 0 amide bonds. The van der Waals surface area contributed by atoms with Gasteiger partial charge in [-0.15, -0.1) is 0 Å². The number of nitrogens with zero attached hydrogens (tertiary/aromatic N) is 3. The Morgan fingerprint density at radius 3 is 2.50 bits per heavy atom. The van der Waals surface area contributed by atoms with Crippen LogP contribution in [0.1, 0.15) is 28.3 Å². The quantitative estimate of drug-likeness (QED) is 0.858. The van der Waals surface area contributed by atoms with Crippen molar-refractivity contribution >= 4 is 5.69 Å². The van der Waals surface area contributed by atoms with E-state index in [1.54, 1.807) is 7.11 Å². The predicted octanol–water partition coefficient (Wildman–Crippen LogP) is 2.95. The van der Waals surface area contributed by atoms with Crippen LogP contribution in [0.2, 0.25) is 0 Å². The van der Waals surface area contributed by atoms with Gasteiger partial charge in [-0.25, -0.2) is 0 Å². The minimum absolute atomic E-state index is 0.686. The average molecular weight is 275 g/mol. The van der Waals surface area contributed by atoms with Gasteiger partial charge in [-0.05, 0) is 27.7 Å². The molecule has 20 heavy (non-hydrogen) atoms. The van der Waals surface area contributed by atoms with Crippen LogP contribution in [0.15, 0.2) is 10.7 Å². The highest BCUT2D eigenvalue weighted by atomic mass is 16.5. The van der Waals surface area contributed by atoms with E-state index in [-0.39, 0.29) is 0 Å². The van der Waals surface area contributed by atoms with E-state index < -0.39 is 0 Å². The summed E-state index contributed by atoms with van der Waals surface area (Å²) >= 11 is 0. The zero-order valence-corrected chi connectivity index (χ0v) is 12.9. The van der Waals surface area contributed by atoms with Crippen molar-refractivity contribution in [3.8, 4) is 5.75 Å². The van der Waals surface area contributed by atoms with Gasteiger partial charge in [0.15, 0.2) is 5.76 Å². The zero-order chi connectivity index (χ0) is 14.9. The van der Waals surface area contributed by atoms with Crippen molar-refractivity contribution < 1.29 is 9.26 Å². The molecular formula is C15H21N3O2. The second-order valence-corrected chi connectivity index (χ2v) is 5.07. The van der Waals surface area contributed by atoms with Crippen molar-refractivity contribution in [2.45, 2.75) is 34.2 Å². The molecule has 0 aliphatic heterocycles. The second-order valence-electron chi connectivity index (χ2n) is 5.07. The number of methoxy groups -OCH3 is 1. The second kappa shape index (κ2) is 5.53. The fraction of sp³-hybridized carbons (Fsp3) is 0.467. The number of pyridine rings is 1. The third-order valence-electron chi connectivity index (χ3n) is 3.51. The van der Waals surface area contributed by atoms with Crippen LogP contribution in [0.3, 0.4) is 0 Å². The molecule has 0 spiro atoms. The van der Waals surface area contributed by atoms with E-state index in [0.717, 1.165) is 39.7 Å². The van der Waals surface area contributed by atoms with Crippen LogP contribution in [0, 0.1) is 27.7 Å². The summed E-state index contributed by atoms with van der Waals surface area (Å²) in [5.74, 6) is 1.73. The number of aryl methyl sites for hydroxylation is 3. The van der Waals surface area contributed by atoms with Crippen LogP contribution in [-0.2, 0) is 6.54 Å². The van der Waals surface area contributed by atoms with Crippen LogP contribution in [-0.4, -0.2) is 24.3 Å². The van der Waals surface area contributed by atoms with Crippen LogP contribution >= 0.6 is 0 Å². The first-order valence-corrected chi connectivity index (χ1v) is 6.58. The standard InChI is InChI=1S/C15H21N3O2/c1-9-7-16-13(10(2)15(9)19-6)8-18(5)14-11(3)17-20-12(14)4/h7H,8H2,1-6H3. The van der Waals surface area contributed by atoms with Crippen LogP contribution in [0.5, 0.6) is 5.75 Å². The van der Waals surface area contributed by atoms with E-state index in [1.807, 2.05) is 40.9 Å². The Morgan fingerprint density at radius 2 is 1.95 bits per heavy atom. The number of rotatable bonds is 4. The summed E-state index contributed by atoms with van der Waals surface area (Å²) in [5, 5.41) is 3.99. The van der Waals surface area contributed by atoms with Crippen LogP contribution < -0.4 is 9.64 Å². The van der Waals surface area contributed by atoms with Crippen LogP contribution in [0.4, 0.5) is 5.69 Å². The number of ether oxygens (including phenoxy) is 1. The van der Waals surface area contributed by atoms with Crippen molar-refractivity contribution in [1.82, 2.24) is 10.1 Å². The molecule has 2 aromatic rings. The van der Waals surface area contributed by atoms with Crippen molar-refractivity contribution in [3.63, 3.8) is 0 Å². The van der Waals surface area contributed by atoms with E-state index in [0.29, 0.717) is 6.54 Å². The Hall–Kier alpha value is -2.04. The van der Waals surface area contributed by atoms with E-state index in [2.05, 4.69) is 15.0 Å². The first-order chi connectivity index (χ1) is 9.45. The van der Waals surface area contributed by atoms with Gasteiger partial charge in [0.25, 0.3) is 0 Å². The average Bonchev–Trinajstić information content (AvgIpc) is 2.73. The molecule has 5 nitrogen and oxygen atoms in total. The van der Waals surface area contributed by atoms with E-state index >= 15 is 0 Å². The maximum Gasteiger partial charge on any atom is 0.157 e. The lowest BCUT2D eigenvalue weighted by Crippen LogP contribution is -2.19. The molecule has 2 aromatic heterocycles. The highest BCUT2D eigenvalue weighted by Crippen LogP contribution is 2.28. The topological polar surface area (TPSA) is 51.4 Å². The van der Waals surface area contributed by atoms with Gasteiger partial charge in [0.05, 0.1) is 19.3 Å². The summed E-state index contributed by atoms with van der Waals surface area (Å²) in [4.78, 5) is 6.63. The van der Waals surface area contributed by atoms with Gasteiger partial charge in [0.1, 0.15) is 17.1 Å². The molecule has 2 heterocycles. The summed E-state index contributed by atoms with van der Waals surface area (Å²) in [6.45, 7) is 8.58. The molecule has 0 saturated carbocycles. The number of hydrogen-bond acceptors (Lipinski definition) is 5. The van der Waals surface area contributed by atoms with Crippen molar-refractivity contribution in [1.29, 1.82) is 0 Å². The highest BCUT2D eigenvalue weighted by Gasteiger charge is 2.16. The lowest BCUT2D eigenvalue weighted by Gasteiger charge is -2.20. The number of anilines is 1. The van der Waals surface area contributed by atoms with Gasteiger partial charge < -0.3 is 14.2 Å². The summed E-state index contributed by atoms with van der Waals surface area (Å²) in [6, 6.07) is 0. The molecular weight excluding hydrogens is 254 g/mol. The van der Waals surface area contributed by atoms with E-state index in [1.165, 1.54) is 0 Å². The first-order valence-electron chi connectivity index (χ1n) is 6.58. The molecule has 2 rings (SSSR count). The number of aromatic nitrogens is 2. The van der Waals surface area contributed by atoms with Crippen molar-refractivity contribution in [2.24, 2.45) is 0 Å². The molecule has 0 N–H and O–H groups in total. The Labute approximate surface area is 119 Å². The Morgan fingerprint density at radius 1 is 1.25 bits per heavy atom. The Kier molecular flexibility index (Phi) is 3.97. The molecule has 0 aromatic carbocycles. The Bertz CT molecular complexity index is 600. The van der Waals surface area contributed by atoms with Crippen molar-refractivity contribution in [2.75, 3.05) is 19.1 Å². The maximum absolute atomic E-state index is 5.45. The molecule has 0 aliphatic rings. The maximum atomic E-state index is 5.45. The molecule has 0 atom stereocenters. The highest BCUT2D eigenvalue weighted by molar-refractivity contribution is 5.53. The normalized spacial score (nSPS) is 10.7. The monoisotopic (exact) mass is 275 g/mol. The van der Waals surface area contributed by atoms with Gasteiger partial charge in [0.2, 0.25) is 0 Å². The first kappa shape index (κ1) is 14.4. The number of hydrogen-bond donors (Lipinski definition) is 0. The molecule has 0 unspecified atom stereocenters. The lowest BCUT2D eigenvalue weighted by atomic mass is 10.1. The summed E-state index contributed by atoms with van der Waals surface area (Å²) < 4.78 is 10.7. The van der Waals surface area contributed by atoms with E-state index in [9.17, 15) is 0 Å². The smallest absolute Gasteiger partial charge is 0.157 e. The van der Waals surface area contributed by atoms with Gasteiger partial charge >= 0.3 is 0 Å². The molecule has 0 bridgehead atoms. The largest absolute Gasteiger partial charge is 0.496 e. The molecule has 0 radical (unpaired) electrons. The third-order valence-corrected chi connectivity index (χ3v) is 3.51. The summed E-state index contributed by atoms with van der Waals surface area (Å²) in [5.41, 5.74) is 5.03. The third kappa shape index (κ3) is 2.48. The van der Waals surface area contributed by atoms with Gasteiger partial charge in [-0.1, -0.05) is 5.16 Å². The molecule has 5 heteroatoms. The SMILES string of the molecule is COc1c(C)cnc(CN(C)c2c(C)noc2C)c1C. The van der Waals surface area contributed by atoms with Crippen LogP contribution in [0.25, 0.3) is 0 Å². The Balaban J connectivity index is 2.31. The summed E-state index contributed by atoms with van der Waals surface area (Å²) in [7, 11) is 3.71. The van der Waals surface area contributed by atoms with Gasteiger partial charge in [0, 0.05) is 24.4 Å². The minimum atomic E-state index is 0.686. The minimum Gasteiger partial charge on any atom is -0.496 e.